The van der Waals surface area contributed by atoms with Gasteiger partial charge in [0.05, 0.1) is 21.9 Å². The SMILES string of the molecule is O=C(O)c1ccc(Br)c(S(=O)(=O)Cc2ccccn2)c1. The van der Waals surface area contributed by atoms with E-state index in [1.165, 1.54) is 18.3 Å². The topological polar surface area (TPSA) is 84.3 Å². The third kappa shape index (κ3) is 3.23. The zero-order valence-corrected chi connectivity index (χ0v) is 12.6. The Labute approximate surface area is 124 Å². The normalized spacial score (nSPS) is 11.2. The van der Waals surface area contributed by atoms with Gasteiger partial charge in [-0.25, -0.2) is 13.2 Å². The van der Waals surface area contributed by atoms with E-state index in [0.717, 1.165) is 6.07 Å². The molecule has 0 aliphatic rings. The number of aromatic nitrogens is 1. The summed E-state index contributed by atoms with van der Waals surface area (Å²) in [5, 5.41) is 8.93. The molecule has 1 heterocycles. The number of hydrogen-bond donors (Lipinski definition) is 1. The molecule has 104 valence electrons. The first-order valence-electron chi connectivity index (χ1n) is 5.55. The standard InChI is InChI=1S/C13H10BrNO4S/c14-11-5-4-9(13(16)17)7-12(11)20(18,19)8-10-3-1-2-6-15-10/h1-7H,8H2,(H,16,17). The highest BCUT2D eigenvalue weighted by Crippen LogP contribution is 2.26. The van der Waals surface area contributed by atoms with E-state index in [-0.39, 0.29) is 16.2 Å². The molecule has 20 heavy (non-hydrogen) atoms. The first-order chi connectivity index (χ1) is 9.40. The molecule has 0 bridgehead atoms. The Kier molecular flexibility index (Phi) is 4.20. The van der Waals surface area contributed by atoms with Crippen molar-refractivity contribution in [3.05, 3.63) is 58.3 Å². The van der Waals surface area contributed by atoms with E-state index in [2.05, 4.69) is 20.9 Å². The van der Waals surface area contributed by atoms with Crippen molar-refractivity contribution in [1.29, 1.82) is 0 Å². The molecular weight excluding hydrogens is 346 g/mol. The van der Waals surface area contributed by atoms with Crippen molar-refractivity contribution >= 4 is 31.7 Å². The van der Waals surface area contributed by atoms with Crippen molar-refractivity contribution in [3.8, 4) is 0 Å². The fourth-order valence-corrected chi connectivity index (χ4v) is 4.00. The Hall–Kier alpha value is -1.73. The molecule has 1 aromatic heterocycles. The lowest BCUT2D eigenvalue weighted by Crippen LogP contribution is -2.08. The summed E-state index contributed by atoms with van der Waals surface area (Å²) < 4.78 is 25.0. The molecule has 5 nitrogen and oxygen atoms in total. The maximum atomic E-state index is 12.3. The fourth-order valence-electron chi connectivity index (χ4n) is 1.63. The number of carbonyl (C=O) groups is 1. The van der Waals surface area contributed by atoms with Crippen LogP contribution >= 0.6 is 15.9 Å². The van der Waals surface area contributed by atoms with E-state index in [1.54, 1.807) is 18.2 Å². The van der Waals surface area contributed by atoms with Crippen molar-refractivity contribution in [3.63, 3.8) is 0 Å². The van der Waals surface area contributed by atoms with Crippen LogP contribution in [0.3, 0.4) is 0 Å². The van der Waals surface area contributed by atoms with Gasteiger partial charge in [-0.3, -0.25) is 4.98 Å². The van der Waals surface area contributed by atoms with Crippen LogP contribution in [0.1, 0.15) is 16.1 Å². The van der Waals surface area contributed by atoms with Gasteiger partial charge in [-0.15, -0.1) is 0 Å². The van der Waals surface area contributed by atoms with E-state index in [1.807, 2.05) is 0 Å². The second-order valence-electron chi connectivity index (χ2n) is 4.03. The van der Waals surface area contributed by atoms with E-state index in [0.29, 0.717) is 10.2 Å². The lowest BCUT2D eigenvalue weighted by Gasteiger charge is -2.07. The maximum Gasteiger partial charge on any atom is 0.335 e. The minimum atomic E-state index is -3.67. The summed E-state index contributed by atoms with van der Waals surface area (Å²) in [7, 11) is -3.67. The number of benzene rings is 1. The van der Waals surface area contributed by atoms with Gasteiger partial charge >= 0.3 is 5.97 Å². The molecule has 0 aliphatic carbocycles. The summed E-state index contributed by atoms with van der Waals surface area (Å²) in [5.41, 5.74) is 0.327. The minimum absolute atomic E-state index is 0.0527. The molecule has 2 rings (SSSR count). The summed E-state index contributed by atoms with van der Waals surface area (Å²) in [6, 6.07) is 8.88. The Morgan fingerprint density at radius 2 is 2.00 bits per heavy atom. The van der Waals surface area contributed by atoms with Crippen LogP contribution in [0.25, 0.3) is 0 Å². The van der Waals surface area contributed by atoms with Crippen LogP contribution in [0, 0.1) is 0 Å². The van der Waals surface area contributed by atoms with Crippen LogP contribution in [0.15, 0.2) is 52.0 Å². The molecule has 7 heteroatoms. The average Bonchev–Trinajstić information content (AvgIpc) is 2.39. The molecule has 0 unspecified atom stereocenters. The summed E-state index contributed by atoms with van der Waals surface area (Å²) >= 11 is 3.14. The number of carboxylic acids is 1. The number of carboxylic acid groups (broad SMARTS) is 1. The number of pyridine rings is 1. The van der Waals surface area contributed by atoms with E-state index >= 15 is 0 Å². The van der Waals surface area contributed by atoms with Crippen LogP contribution in [0.2, 0.25) is 0 Å². The highest BCUT2D eigenvalue weighted by Gasteiger charge is 2.21. The highest BCUT2D eigenvalue weighted by atomic mass is 79.9. The van der Waals surface area contributed by atoms with Crippen molar-refractivity contribution in [2.45, 2.75) is 10.6 Å². The fraction of sp³-hybridized carbons (Fsp3) is 0.0769. The summed E-state index contributed by atoms with van der Waals surface area (Å²) in [4.78, 5) is 14.8. The van der Waals surface area contributed by atoms with Crippen molar-refractivity contribution in [1.82, 2.24) is 4.98 Å². The van der Waals surface area contributed by atoms with Crippen molar-refractivity contribution in [2.24, 2.45) is 0 Å². The van der Waals surface area contributed by atoms with Crippen LogP contribution in [-0.2, 0) is 15.6 Å². The summed E-state index contributed by atoms with van der Waals surface area (Å²) in [6.07, 6.45) is 1.51. The van der Waals surface area contributed by atoms with Gasteiger partial charge in [-0.1, -0.05) is 6.07 Å². The molecule has 0 spiro atoms. The molecule has 0 saturated carbocycles. The van der Waals surface area contributed by atoms with Gasteiger partial charge in [-0.2, -0.15) is 0 Å². The highest BCUT2D eigenvalue weighted by molar-refractivity contribution is 9.10. The monoisotopic (exact) mass is 355 g/mol. The molecule has 0 atom stereocenters. The number of halogens is 1. The Morgan fingerprint density at radius 3 is 2.60 bits per heavy atom. The second kappa shape index (κ2) is 5.72. The maximum absolute atomic E-state index is 12.3. The van der Waals surface area contributed by atoms with E-state index in [9.17, 15) is 13.2 Å². The smallest absolute Gasteiger partial charge is 0.335 e. The van der Waals surface area contributed by atoms with Crippen molar-refractivity contribution < 1.29 is 18.3 Å². The van der Waals surface area contributed by atoms with Gasteiger partial charge in [0.25, 0.3) is 0 Å². The van der Waals surface area contributed by atoms with E-state index in [4.69, 9.17) is 5.11 Å². The molecule has 0 aliphatic heterocycles. The predicted molar refractivity (Wildman–Crippen MR) is 76.2 cm³/mol. The van der Waals surface area contributed by atoms with Crippen LogP contribution in [0.5, 0.6) is 0 Å². The Balaban J connectivity index is 2.44. The zero-order chi connectivity index (χ0) is 14.8. The lowest BCUT2D eigenvalue weighted by atomic mass is 10.2. The molecule has 2 aromatic rings. The second-order valence-corrected chi connectivity index (χ2v) is 6.84. The Morgan fingerprint density at radius 1 is 1.25 bits per heavy atom. The molecule has 0 saturated heterocycles. The van der Waals surface area contributed by atoms with E-state index < -0.39 is 15.8 Å². The number of rotatable bonds is 4. The quantitative estimate of drug-likeness (QED) is 0.910. The molecule has 1 aromatic carbocycles. The van der Waals surface area contributed by atoms with Gasteiger partial charge in [0.2, 0.25) is 0 Å². The largest absolute Gasteiger partial charge is 0.478 e. The van der Waals surface area contributed by atoms with Crippen molar-refractivity contribution in [2.75, 3.05) is 0 Å². The number of nitrogens with zero attached hydrogens (tertiary/aromatic N) is 1. The number of hydrogen-bond acceptors (Lipinski definition) is 4. The number of aromatic carboxylic acids is 1. The van der Waals surface area contributed by atoms with Crippen LogP contribution in [0.4, 0.5) is 0 Å². The van der Waals surface area contributed by atoms with Gasteiger partial charge in [0.1, 0.15) is 0 Å². The van der Waals surface area contributed by atoms with Gasteiger partial charge in [-0.05, 0) is 46.3 Å². The molecule has 0 radical (unpaired) electrons. The summed E-state index contributed by atoms with van der Waals surface area (Å²) in [5.74, 6) is -1.46. The molecule has 1 N–H and O–H groups in total. The average molecular weight is 356 g/mol. The van der Waals surface area contributed by atoms with Crippen LogP contribution in [-0.4, -0.2) is 24.5 Å². The molecule has 0 fully saturated rings. The first kappa shape index (κ1) is 14.7. The lowest BCUT2D eigenvalue weighted by molar-refractivity contribution is 0.0696. The number of sulfone groups is 1. The third-order valence-corrected chi connectivity index (χ3v) is 5.21. The van der Waals surface area contributed by atoms with Gasteiger partial charge in [0.15, 0.2) is 9.84 Å². The van der Waals surface area contributed by atoms with Gasteiger partial charge in [0, 0.05) is 10.7 Å². The Bertz CT molecular complexity index is 744. The molecular formula is C13H10BrNO4S. The predicted octanol–water partition coefficient (Wildman–Crippen LogP) is 2.52. The van der Waals surface area contributed by atoms with Gasteiger partial charge < -0.3 is 5.11 Å². The third-order valence-electron chi connectivity index (χ3n) is 2.58. The minimum Gasteiger partial charge on any atom is -0.478 e. The zero-order valence-electron chi connectivity index (χ0n) is 10.2. The summed E-state index contributed by atoms with van der Waals surface area (Å²) in [6.45, 7) is 0. The van der Waals surface area contributed by atoms with Crippen LogP contribution < -0.4 is 0 Å². The molecule has 0 amide bonds. The first-order valence-corrected chi connectivity index (χ1v) is 8.00.